The Kier molecular flexibility index (Phi) is 3.85. The van der Waals surface area contributed by atoms with Crippen LogP contribution < -0.4 is 10.2 Å². The molecular formula is C14H13ClN2O. The maximum absolute atomic E-state index is 12.0. The summed E-state index contributed by atoms with van der Waals surface area (Å²) in [5.41, 5.74) is 1.51. The van der Waals surface area contributed by atoms with E-state index in [1.54, 1.807) is 36.2 Å². The van der Waals surface area contributed by atoms with E-state index in [2.05, 4.69) is 5.32 Å². The average molecular weight is 261 g/mol. The highest BCUT2D eigenvalue weighted by Crippen LogP contribution is 2.17. The number of amides is 2. The van der Waals surface area contributed by atoms with Crippen LogP contribution in [0.25, 0.3) is 0 Å². The SMILES string of the molecule is CN(C(=O)Nc1cccc(Cl)c1)c1ccccc1. The van der Waals surface area contributed by atoms with Crippen LogP contribution in [0.4, 0.5) is 16.2 Å². The molecular weight excluding hydrogens is 248 g/mol. The molecule has 92 valence electrons. The summed E-state index contributed by atoms with van der Waals surface area (Å²) in [6.45, 7) is 0. The summed E-state index contributed by atoms with van der Waals surface area (Å²) >= 11 is 5.86. The van der Waals surface area contributed by atoms with Crippen LogP contribution in [0.2, 0.25) is 5.02 Å². The number of hydrogen-bond acceptors (Lipinski definition) is 1. The van der Waals surface area contributed by atoms with Crippen molar-refractivity contribution in [1.82, 2.24) is 0 Å². The molecule has 0 heterocycles. The molecule has 2 aromatic carbocycles. The Morgan fingerprint density at radius 1 is 1.11 bits per heavy atom. The van der Waals surface area contributed by atoms with Crippen LogP contribution in [0.5, 0.6) is 0 Å². The van der Waals surface area contributed by atoms with Crippen LogP contribution >= 0.6 is 11.6 Å². The highest BCUT2D eigenvalue weighted by Gasteiger charge is 2.10. The smallest absolute Gasteiger partial charge is 0.307 e. The Morgan fingerprint density at radius 3 is 2.50 bits per heavy atom. The lowest BCUT2D eigenvalue weighted by Gasteiger charge is -2.18. The quantitative estimate of drug-likeness (QED) is 0.869. The van der Waals surface area contributed by atoms with Crippen LogP contribution in [-0.4, -0.2) is 13.1 Å². The van der Waals surface area contributed by atoms with Gasteiger partial charge in [-0.15, -0.1) is 0 Å². The van der Waals surface area contributed by atoms with Gasteiger partial charge in [-0.05, 0) is 30.3 Å². The van der Waals surface area contributed by atoms with Crippen molar-refractivity contribution in [1.29, 1.82) is 0 Å². The van der Waals surface area contributed by atoms with Crippen molar-refractivity contribution in [2.45, 2.75) is 0 Å². The molecule has 0 atom stereocenters. The summed E-state index contributed by atoms with van der Waals surface area (Å²) in [5.74, 6) is 0. The predicted octanol–water partition coefficient (Wildman–Crippen LogP) is 4.01. The molecule has 0 aromatic heterocycles. The van der Waals surface area contributed by atoms with E-state index in [0.717, 1.165) is 5.69 Å². The van der Waals surface area contributed by atoms with Gasteiger partial charge < -0.3 is 5.32 Å². The molecule has 2 aromatic rings. The second-order valence-corrected chi connectivity index (χ2v) is 4.27. The number of anilines is 2. The van der Waals surface area contributed by atoms with E-state index < -0.39 is 0 Å². The topological polar surface area (TPSA) is 32.3 Å². The summed E-state index contributed by atoms with van der Waals surface area (Å²) in [5, 5.41) is 3.38. The van der Waals surface area contributed by atoms with Crippen LogP contribution in [-0.2, 0) is 0 Å². The fraction of sp³-hybridized carbons (Fsp3) is 0.0714. The molecule has 0 spiro atoms. The van der Waals surface area contributed by atoms with Crippen molar-refractivity contribution >= 4 is 29.0 Å². The zero-order chi connectivity index (χ0) is 13.0. The van der Waals surface area contributed by atoms with Gasteiger partial charge in [0.05, 0.1) is 0 Å². The molecule has 0 saturated carbocycles. The van der Waals surface area contributed by atoms with Crippen molar-refractivity contribution < 1.29 is 4.79 Å². The van der Waals surface area contributed by atoms with Crippen LogP contribution in [0.15, 0.2) is 54.6 Å². The second-order valence-electron chi connectivity index (χ2n) is 3.84. The molecule has 0 aliphatic rings. The Labute approximate surface area is 111 Å². The fourth-order valence-corrected chi connectivity index (χ4v) is 1.73. The van der Waals surface area contributed by atoms with Crippen molar-refractivity contribution in [2.75, 3.05) is 17.3 Å². The molecule has 0 fully saturated rings. The summed E-state index contributed by atoms with van der Waals surface area (Å²) in [6.07, 6.45) is 0. The van der Waals surface area contributed by atoms with Gasteiger partial charge in [0.1, 0.15) is 0 Å². The Balaban J connectivity index is 2.09. The molecule has 2 amide bonds. The van der Waals surface area contributed by atoms with Gasteiger partial charge in [0.2, 0.25) is 0 Å². The number of urea groups is 1. The van der Waals surface area contributed by atoms with E-state index in [0.29, 0.717) is 10.7 Å². The molecule has 3 nitrogen and oxygen atoms in total. The summed E-state index contributed by atoms with van der Waals surface area (Å²) in [7, 11) is 1.72. The summed E-state index contributed by atoms with van der Waals surface area (Å²) < 4.78 is 0. The first-order chi connectivity index (χ1) is 8.66. The first-order valence-electron chi connectivity index (χ1n) is 5.52. The molecule has 18 heavy (non-hydrogen) atoms. The average Bonchev–Trinajstić information content (AvgIpc) is 2.39. The highest BCUT2D eigenvalue weighted by atomic mass is 35.5. The Hall–Kier alpha value is -2.00. The summed E-state index contributed by atoms with van der Waals surface area (Å²) in [6, 6.07) is 16.3. The highest BCUT2D eigenvalue weighted by molar-refractivity contribution is 6.30. The third-order valence-corrected chi connectivity index (χ3v) is 2.76. The number of para-hydroxylation sites is 1. The lowest BCUT2D eigenvalue weighted by atomic mass is 10.3. The maximum Gasteiger partial charge on any atom is 0.326 e. The molecule has 0 unspecified atom stereocenters. The number of halogens is 1. The molecule has 0 aliphatic heterocycles. The number of rotatable bonds is 2. The van der Waals surface area contributed by atoms with Crippen molar-refractivity contribution in [3.8, 4) is 0 Å². The number of nitrogens with one attached hydrogen (secondary N) is 1. The molecule has 0 saturated heterocycles. The Bertz CT molecular complexity index is 543. The van der Waals surface area contributed by atoms with Crippen molar-refractivity contribution in [2.24, 2.45) is 0 Å². The zero-order valence-corrected chi connectivity index (χ0v) is 10.7. The van der Waals surface area contributed by atoms with Gasteiger partial charge in [-0.1, -0.05) is 35.9 Å². The van der Waals surface area contributed by atoms with Gasteiger partial charge in [-0.3, -0.25) is 4.90 Å². The minimum Gasteiger partial charge on any atom is -0.307 e. The molecule has 0 bridgehead atoms. The molecule has 4 heteroatoms. The van der Waals surface area contributed by atoms with Crippen molar-refractivity contribution in [3.05, 3.63) is 59.6 Å². The normalized spacial score (nSPS) is 9.89. The number of carbonyl (C=O) groups is 1. The standard InChI is InChI=1S/C14H13ClN2O/c1-17(13-8-3-2-4-9-13)14(18)16-12-7-5-6-11(15)10-12/h2-10H,1H3,(H,16,18). The first kappa shape index (κ1) is 12.5. The number of nitrogens with zero attached hydrogens (tertiary/aromatic N) is 1. The van der Waals surface area contributed by atoms with Gasteiger partial charge >= 0.3 is 6.03 Å². The molecule has 0 aliphatic carbocycles. The Morgan fingerprint density at radius 2 is 1.83 bits per heavy atom. The second kappa shape index (κ2) is 5.56. The predicted molar refractivity (Wildman–Crippen MR) is 75.3 cm³/mol. The third-order valence-electron chi connectivity index (χ3n) is 2.52. The van der Waals surface area contributed by atoms with Crippen LogP contribution in [0.3, 0.4) is 0 Å². The molecule has 0 radical (unpaired) electrons. The van der Waals surface area contributed by atoms with Crippen LogP contribution in [0.1, 0.15) is 0 Å². The minimum absolute atomic E-state index is 0.205. The van der Waals surface area contributed by atoms with Gasteiger partial charge in [-0.2, -0.15) is 0 Å². The van der Waals surface area contributed by atoms with E-state index in [4.69, 9.17) is 11.6 Å². The first-order valence-corrected chi connectivity index (χ1v) is 5.90. The van der Waals surface area contributed by atoms with Gasteiger partial charge in [0.15, 0.2) is 0 Å². The minimum atomic E-state index is -0.205. The maximum atomic E-state index is 12.0. The van der Waals surface area contributed by atoms with Gasteiger partial charge in [-0.25, -0.2) is 4.79 Å². The number of carbonyl (C=O) groups excluding carboxylic acids is 1. The number of benzene rings is 2. The van der Waals surface area contributed by atoms with Gasteiger partial charge in [0, 0.05) is 23.4 Å². The van der Waals surface area contributed by atoms with E-state index in [-0.39, 0.29) is 6.03 Å². The van der Waals surface area contributed by atoms with E-state index in [1.165, 1.54) is 0 Å². The fourth-order valence-electron chi connectivity index (χ4n) is 1.54. The van der Waals surface area contributed by atoms with Crippen LogP contribution in [0, 0.1) is 0 Å². The lowest BCUT2D eigenvalue weighted by Crippen LogP contribution is -2.31. The van der Waals surface area contributed by atoms with Crippen molar-refractivity contribution in [3.63, 3.8) is 0 Å². The summed E-state index contributed by atoms with van der Waals surface area (Å²) in [4.78, 5) is 13.5. The van der Waals surface area contributed by atoms with E-state index in [9.17, 15) is 4.79 Å². The van der Waals surface area contributed by atoms with Gasteiger partial charge in [0.25, 0.3) is 0 Å². The monoisotopic (exact) mass is 260 g/mol. The molecule has 2 rings (SSSR count). The zero-order valence-electron chi connectivity index (χ0n) is 9.93. The lowest BCUT2D eigenvalue weighted by molar-refractivity contribution is 0.258. The van der Waals surface area contributed by atoms with E-state index in [1.807, 2.05) is 30.3 Å². The third kappa shape index (κ3) is 3.02. The van der Waals surface area contributed by atoms with E-state index >= 15 is 0 Å². The molecule has 1 N–H and O–H groups in total. The number of hydrogen-bond donors (Lipinski definition) is 1. The largest absolute Gasteiger partial charge is 0.326 e.